The summed E-state index contributed by atoms with van der Waals surface area (Å²) >= 11 is 0. The van der Waals surface area contributed by atoms with E-state index < -0.39 is 0 Å². The van der Waals surface area contributed by atoms with Gasteiger partial charge in [0.25, 0.3) is 5.56 Å². The van der Waals surface area contributed by atoms with Crippen molar-refractivity contribution >= 4 is 16.9 Å². The van der Waals surface area contributed by atoms with E-state index in [1.54, 1.807) is 20.5 Å². The van der Waals surface area contributed by atoms with Crippen LogP contribution in [0, 0.1) is 0 Å². The Kier molecular flexibility index (Phi) is 11.0. The van der Waals surface area contributed by atoms with Crippen LogP contribution in [0.1, 0.15) is 5.56 Å². The fraction of sp³-hybridized carbons (Fsp3) is 0.393. The van der Waals surface area contributed by atoms with E-state index in [2.05, 4.69) is 29.2 Å². The van der Waals surface area contributed by atoms with E-state index in [1.807, 2.05) is 34.9 Å². The van der Waals surface area contributed by atoms with Crippen molar-refractivity contribution in [2.24, 2.45) is 14.1 Å². The van der Waals surface area contributed by atoms with Crippen molar-refractivity contribution in [2.45, 2.75) is 19.2 Å². The molecular weight excluding hydrogens is 555 g/mol. The Morgan fingerprint density at radius 3 is 2.25 bits per heavy atom. The molecule has 0 saturated carbocycles. The summed E-state index contributed by atoms with van der Waals surface area (Å²) in [5.74, 6) is 0.865. The number of hydrogen-bond donors (Lipinski definition) is 2. The maximum atomic E-state index is 13.0. The van der Waals surface area contributed by atoms with E-state index in [4.69, 9.17) is 9.47 Å². The maximum absolute atomic E-state index is 13.0. The second kappa shape index (κ2) is 14.0. The zero-order valence-electron chi connectivity index (χ0n) is 23.0. The average molecular weight is 592 g/mol. The summed E-state index contributed by atoms with van der Waals surface area (Å²) in [6, 6.07) is 18.6. The number of hydrogen-bond acceptors (Lipinski definition) is 5. The van der Waals surface area contributed by atoms with Crippen LogP contribution in [-0.4, -0.2) is 64.6 Å². The molecule has 1 saturated heterocycles. The van der Waals surface area contributed by atoms with Crippen molar-refractivity contribution in [3.8, 4) is 5.75 Å². The lowest BCUT2D eigenvalue weighted by molar-refractivity contribution is -1.00. The third-order valence-corrected chi connectivity index (χ3v) is 7.64. The topological polar surface area (TPSA) is 89.2 Å². The molecule has 1 atom stereocenters. The molecule has 1 aliphatic rings. The predicted molar refractivity (Wildman–Crippen MR) is 144 cm³/mol. The van der Waals surface area contributed by atoms with Crippen LogP contribution < -0.4 is 50.6 Å². The van der Waals surface area contributed by atoms with Gasteiger partial charge in [-0.05, 0) is 17.7 Å². The number of nitrogens with one attached hydrogen (secondary N) is 2. The number of aryl methyl sites for hydroxylation is 1. The Balaban J connectivity index is 0.00000220. The van der Waals surface area contributed by atoms with E-state index in [9.17, 15) is 9.59 Å². The minimum Gasteiger partial charge on any atom is -1.00 e. The summed E-state index contributed by atoms with van der Waals surface area (Å²) in [5.41, 5.74) is 2.56. The molecule has 2 aromatic carbocycles. The van der Waals surface area contributed by atoms with Gasteiger partial charge in [0.2, 0.25) is 0 Å². The van der Waals surface area contributed by atoms with Crippen molar-refractivity contribution in [3.63, 3.8) is 0 Å². The molecule has 3 heterocycles. The molecule has 1 aliphatic heterocycles. The van der Waals surface area contributed by atoms with Crippen molar-refractivity contribution in [3.05, 3.63) is 87.3 Å². The molecule has 5 rings (SSSR count). The number of benzene rings is 2. The van der Waals surface area contributed by atoms with Gasteiger partial charge in [0.1, 0.15) is 50.3 Å². The molecule has 0 radical (unpaired) electrons. The predicted octanol–water partition coefficient (Wildman–Crippen LogP) is -6.85. The maximum Gasteiger partial charge on any atom is 0.332 e. The van der Waals surface area contributed by atoms with Crippen LogP contribution in [0.15, 0.2) is 70.5 Å². The Hall–Kier alpha value is -3.15. The van der Waals surface area contributed by atoms with Crippen LogP contribution >= 0.6 is 0 Å². The third-order valence-electron chi connectivity index (χ3n) is 7.64. The van der Waals surface area contributed by atoms with Gasteiger partial charge in [-0.25, -0.2) is 9.78 Å². The van der Waals surface area contributed by atoms with E-state index in [0.29, 0.717) is 30.9 Å². The van der Waals surface area contributed by atoms with Crippen LogP contribution in [0.3, 0.4) is 0 Å². The first kappa shape index (κ1) is 31.4. The standard InChI is InChI=1S/C28H34N6O4.2ClH/c1-30-26-25(27(35)31(2)28(30)36)34(20-29-26)17-23(19-38-18-21-7-5-4-6-8-21)33-15-13-32(14-16-33)22-9-11-24(37-3)12-10-22;;/h4-12,20,23H,13-19H2,1-3H3;2*1H. The fourth-order valence-corrected chi connectivity index (χ4v) is 5.36. The minimum absolute atomic E-state index is 0. The quantitative estimate of drug-likeness (QED) is 0.202. The first-order valence-corrected chi connectivity index (χ1v) is 13.0. The highest BCUT2D eigenvalue weighted by Gasteiger charge is 2.31. The SMILES string of the molecule is COc1ccc([NH+]2CC[NH+](C(COCc3ccccc3)Cn3cnc4c3c(=O)n(C)c(=O)n4C)CC2)cc1.[Cl-].[Cl-]. The molecule has 1 fully saturated rings. The Bertz CT molecular complexity index is 1500. The second-order valence-electron chi connectivity index (χ2n) is 9.96. The van der Waals surface area contributed by atoms with E-state index in [-0.39, 0.29) is 42.1 Å². The first-order valence-electron chi connectivity index (χ1n) is 13.0. The highest BCUT2D eigenvalue weighted by atomic mass is 35.5. The monoisotopic (exact) mass is 590 g/mol. The largest absolute Gasteiger partial charge is 1.00 e. The summed E-state index contributed by atoms with van der Waals surface area (Å²) in [6.07, 6.45) is 1.67. The number of fused-ring (bicyclic) bond motifs is 1. The van der Waals surface area contributed by atoms with Crippen molar-refractivity contribution in [2.75, 3.05) is 39.9 Å². The van der Waals surface area contributed by atoms with Crippen LogP contribution in [0.25, 0.3) is 11.2 Å². The van der Waals surface area contributed by atoms with E-state index >= 15 is 0 Å². The molecule has 2 aromatic heterocycles. The summed E-state index contributed by atoms with van der Waals surface area (Å²) in [5, 5.41) is 0. The number of ether oxygens (including phenoxy) is 2. The van der Waals surface area contributed by atoms with Gasteiger partial charge < -0.3 is 43.8 Å². The number of quaternary nitrogens is 2. The molecule has 0 spiro atoms. The summed E-state index contributed by atoms with van der Waals surface area (Å²) in [6.45, 7) is 5.61. The van der Waals surface area contributed by atoms with Gasteiger partial charge in [0.05, 0.1) is 26.6 Å². The molecule has 2 N–H and O–H groups in total. The van der Waals surface area contributed by atoms with Gasteiger partial charge in [0, 0.05) is 26.2 Å². The van der Waals surface area contributed by atoms with Gasteiger partial charge in [-0.1, -0.05) is 30.3 Å². The van der Waals surface area contributed by atoms with Gasteiger partial charge in [-0.3, -0.25) is 18.8 Å². The molecule has 0 amide bonds. The van der Waals surface area contributed by atoms with Crippen molar-refractivity contribution < 1.29 is 44.1 Å². The molecule has 0 aliphatic carbocycles. The van der Waals surface area contributed by atoms with Crippen LogP contribution in [0.5, 0.6) is 5.75 Å². The summed E-state index contributed by atoms with van der Waals surface area (Å²) in [4.78, 5) is 32.7. The molecule has 4 aromatic rings. The number of halogens is 2. The van der Waals surface area contributed by atoms with Gasteiger partial charge >= 0.3 is 5.69 Å². The normalized spacial score (nSPS) is 17.6. The number of piperazine rings is 1. The highest BCUT2D eigenvalue weighted by molar-refractivity contribution is 5.69. The molecule has 40 heavy (non-hydrogen) atoms. The van der Waals surface area contributed by atoms with Gasteiger partial charge in [0.15, 0.2) is 11.2 Å². The number of imidazole rings is 1. The zero-order chi connectivity index (χ0) is 26.6. The molecule has 0 bridgehead atoms. The molecular formula is C28H36Cl2N6O4. The number of nitrogens with zero attached hydrogens (tertiary/aromatic N) is 4. The Morgan fingerprint density at radius 2 is 1.60 bits per heavy atom. The Labute approximate surface area is 245 Å². The zero-order valence-corrected chi connectivity index (χ0v) is 24.5. The molecule has 12 heteroatoms. The van der Waals surface area contributed by atoms with E-state index in [1.165, 1.54) is 27.1 Å². The first-order chi connectivity index (χ1) is 18.5. The lowest BCUT2D eigenvalue weighted by atomic mass is 10.2. The molecule has 216 valence electrons. The fourth-order valence-electron chi connectivity index (χ4n) is 5.36. The lowest BCUT2D eigenvalue weighted by Crippen LogP contribution is -3.28. The van der Waals surface area contributed by atoms with E-state index in [0.717, 1.165) is 42.1 Å². The van der Waals surface area contributed by atoms with Crippen LogP contribution in [0.2, 0.25) is 0 Å². The van der Waals surface area contributed by atoms with Gasteiger partial charge in [-0.15, -0.1) is 0 Å². The second-order valence-corrected chi connectivity index (χ2v) is 9.96. The van der Waals surface area contributed by atoms with Crippen molar-refractivity contribution in [1.82, 2.24) is 18.7 Å². The Morgan fingerprint density at radius 1 is 0.925 bits per heavy atom. The average Bonchev–Trinajstić information content (AvgIpc) is 3.39. The number of methoxy groups -OCH3 is 1. The smallest absolute Gasteiger partial charge is 0.332 e. The summed E-state index contributed by atoms with van der Waals surface area (Å²) in [7, 11) is 4.84. The summed E-state index contributed by atoms with van der Waals surface area (Å²) < 4.78 is 16.0. The number of rotatable bonds is 9. The van der Waals surface area contributed by atoms with Crippen molar-refractivity contribution in [1.29, 1.82) is 0 Å². The highest BCUT2D eigenvalue weighted by Crippen LogP contribution is 2.12. The third kappa shape index (κ3) is 6.59. The molecule has 1 unspecified atom stereocenters. The lowest BCUT2D eigenvalue weighted by Gasteiger charge is -2.34. The number of aromatic nitrogens is 4. The van der Waals surface area contributed by atoms with Gasteiger partial charge in [-0.2, -0.15) is 0 Å². The van der Waals surface area contributed by atoms with Crippen LogP contribution in [-0.2, 0) is 32.0 Å². The minimum atomic E-state index is -0.376. The molecule has 10 nitrogen and oxygen atoms in total. The van der Waals surface area contributed by atoms with Crippen LogP contribution in [0.4, 0.5) is 5.69 Å².